The molecule has 0 N–H and O–H groups in total. The second-order valence-corrected chi connectivity index (χ2v) is 3.94. The maximum Gasteiger partial charge on any atom is 0.309 e. The fourth-order valence-electron chi connectivity index (χ4n) is 2.25. The van der Waals surface area contributed by atoms with Gasteiger partial charge in [-0.05, 0) is 12.8 Å². The molecule has 0 unspecified atom stereocenters. The molecule has 0 bridgehead atoms. The molecule has 2 fully saturated rings. The quantitative estimate of drug-likeness (QED) is 0.482. The van der Waals surface area contributed by atoms with Crippen LogP contribution in [0.25, 0.3) is 0 Å². The highest BCUT2D eigenvalue weighted by Crippen LogP contribution is 2.43. The van der Waals surface area contributed by atoms with Gasteiger partial charge in [-0.15, -0.1) is 0 Å². The highest BCUT2D eigenvalue weighted by atomic mass is 16.6. The third-order valence-corrected chi connectivity index (χ3v) is 3.15. The molecular formula is C10H14O5. The smallest absolute Gasteiger partial charge is 0.309 e. The number of carbonyl (C=O) groups is 2. The molecule has 5 nitrogen and oxygen atoms in total. The molecule has 2 rings (SSSR count). The third-order valence-electron chi connectivity index (χ3n) is 3.15. The summed E-state index contributed by atoms with van der Waals surface area (Å²) in [5.74, 6) is -1.52. The lowest BCUT2D eigenvalue weighted by atomic mass is 9.79. The Labute approximate surface area is 87.7 Å². The normalized spacial score (nSPS) is 37.7. The number of carbonyl (C=O) groups excluding carboxylic acids is 2. The average Bonchev–Trinajstić information content (AvgIpc) is 3.03. The summed E-state index contributed by atoms with van der Waals surface area (Å²) in [5, 5.41) is 0. The Bertz CT molecular complexity index is 260. The number of esters is 2. The molecule has 0 aromatic carbocycles. The van der Waals surface area contributed by atoms with Gasteiger partial charge in [-0.3, -0.25) is 9.59 Å². The van der Waals surface area contributed by atoms with Crippen LogP contribution in [0.15, 0.2) is 0 Å². The van der Waals surface area contributed by atoms with Crippen molar-refractivity contribution in [3.8, 4) is 0 Å². The van der Waals surface area contributed by atoms with Gasteiger partial charge in [0, 0.05) is 0 Å². The molecule has 1 aliphatic carbocycles. The summed E-state index contributed by atoms with van der Waals surface area (Å²) in [6.07, 6.45) is 1.40. The Morgan fingerprint density at radius 1 is 1.00 bits per heavy atom. The minimum Gasteiger partial charge on any atom is -0.469 e. The van der Waals surface area contributed by atoms with Crippen LogP contribution < -0.4 is 0 Å². The van der Waals surface area contributed by atoms with E-state index < -0.39 is 11.8 Å². The van der Waals surface area contributed by atoms with Gasteiger partial charge in [0.1, 0.15) is 0 Å². The number of hydrogen-bond donors (Lipinski definition) is 0. The van der Waals surface area contributed by atoms with Gasteiger partial charge < -0.3 is 14.2 Å². The van der Waals surface area contributed by atoms with E-state index in [9.17, 15) is 9.59 Å². The van der Waals surface area contributed by atoms with Crippen molar-refractivity contribution in [1.29, 1.82) is 0 Å². The molecule has 0 amide bonds. The van der Waals surface area contributed by atoms with Crippen LogP contribution in [0.2, 0.25) is 0 Å². The van der Waals surface area contributed by atoms with E-state index in [1.165, 1.54) is 14.2 Å². The number of fused-ring (bicyclic) bond motifs is 1. The Kier molecular flexibility index (Phi) is 2.65. The molecular weight excluding hydrogens is 200 g/mol. The van der Waals surface area contributed by atoms with Crippen LogP contribution in [0.4, 0.5) is 0 Å². The van der Waals surface area contributed by atoms with Crippen LogP contribution in [0.5, 0.6) is 0 Å². The SMILES string of the molecule is COC(=O)[C@H]1C[C@H]2O[C@@H]2C[C@@H]1C(=O)OC. The maximum atomic E-state index is 11.5. The van der Waals surface area contributed by atoms with Crippen molar-refractivity contribution in [2.24, 2.45) is 11.8 Å². The number of hydrogen-bond acceptors (Lipinski definition) is 5. The van der Waals surface area contributed by atoms with Crippen LogP contribution in [-0.2, 0) is 23.8 Å². The fraction of sp³-hybridized carbons (Fsp3) is 0.800. The molecule has 0 aromatic rings. The first-order valence-electron chi connectivity index (χ1n) is 4.98. The van der Waals surface area contributed by atoms with E-state index in [0.717, 1.165) is 0 Å². The van der Waals surface area contributed by atoms with Gasteiger partial charge in [0.05, 0.1) is 38.3 Å². The number of ether oxygens (including phenoxy) is 3. The summed E-state index contributed by atoms with van der Waals surface area (Å²) >= 11 is 0. The van der Waals surface area contributed by atoms with E-state index in [4.69, 9.17) is 4.74 Å². The fourth-order valence-corrected chi connectivity index (χ4v) is 2.25. The van der Waals surface area contributed by atoms with Crippen molar-refractivity contribution >= 4 is 11.9 Å². The third kappa shape index (κ3) is 1.84. The highest BCUT2D eigenvalue weighted by Gasteiger charge is 2.53. The first-order chi connectivity index (χ1) is 7.17. The molecule has 1 saturated carbocycles. The summed E-state index contributed by atoms with van der Waals surface area (Å²) in [6.45, 7) is 0. The highest BCUT2D eigenvalue weighted by molar-refractivity contribution is 5.82. The lowest BCUT2D eigenvalue weighted by Gasteiger charge is -2.24. The summed E-state index contributed by atoms with van der Waals surface area (Å²) in [4.78, 5) is 23.0. The van der Waals surface area contributed by atoms with E-state index in [2.05, 4.69) is 9.47 Å². The molecule has 0 aromatic heterocycles. The molecule has 1 saturated heterocycles. The molecule has 0 radical (unpaired) electrons. The Morgan fingerprint density at radius 2 is 1.40 bits per heavy atom. The van der Waals surface area contributed by atoms with E-state index >= 15 is 0 Å². The predicted molar refractivity (Wildman–Crippen MR) is 48.9 cm³/mol. The van der Waals surface area contributed by atoms with Crippen molar-refractivity contribution in [1.82, 2.24) is 0 Å². The van der Waals surface area contributed by atoms with Crippen molar-refractivity contribution in [3.63, 3.8) is 0 Å². The first-order valence-corrected chi connectivity index (χ1v) is 4.98. The second kappa shape index (κ2) is 3.81. The van der Waals surface area contributed by atoms with Gasteiger partial charge in [0.15, 0.2) is 0 Å². The molecule has 15 heavy (non-hydrogen) atoms. The number of methoxy groups -OCH3 is 2. The summed E-state index contributed by atoms with van der Waals surface area (Å²) in [6, 6.07) is 0. The van der Waals surface area contributed by atoms with Crippen molar-refractivity contribution in [2.45, 2.75) is 25.0 Å². The molecule has 0 spiro atoms. The van der Waals surface area contributed by atoms with Gasteiger partial charge in [0.25, 0.3) is 0 Å². The topological polar surface area (TPSA) is 65.1 Å². The molecule has 5 heteroatoms. The summed E-state index contributed by atoms with van der Waals surface area (Å²) in [7, 11) is 2.66. The van der Waals surface area contributed by atoms with Crippen molar-refractivity contribution < 1.29 is 23.8 Å². The van der Waals surface area contributed by atoms with Gasteiger partial charge in [0.2, 0.25) is 0 Å². The molecule has 2 aliphatic rings. The standard InChI is InChI=1S/C10H14O5/c1-13-9(11)5-3-7-8(15-7)4-6(5)10(12)14-2/h5-8H,3-4H2,1-2H3/t5-,6-,7+,8+/m0/s1. The Balaban J connectivity index is 2.09. The zero-order chi connectivity index (χ0) is 11.0. The first kappa shape index (κ1) is 10.4. The minimum absolute atomic E-state index is 0.134. The summed E-state index contributed by atoms with van der Waals surface area (Å²) < 4.78 is 14.7. The second-order valence-electron chi connectivity index (χ2n) is 3.94. The van der Waals surface area contributed by atoms with Gasteiger partial charge in [-0.2, -0.15) is 0 Å². The van der Waals surface area contributed by atoms with E-state index in [1.807, 2.05) is 0 Å². The van der Waals surface area contributed by atoms with E-state index in [1.54, 1.807) is 0 Å². The zero-order valence-electron chi connectivity index (χ0n) is 8.76. The molecule has 1 aliphatic heterocycles. The number of rotatable bonds is 2. The lowest BCUT2D eigenvalue weighted by molar-refractivity contribution is -0.158. The van der Waals surface area contributed by atoms with Gasteiger partial charge >= 0.3 is 11.9 Å². The van der Waals surface area contributed by atoms with Crippen LogP contribution >= 0.6 is 0 Å². The van der Waals surface area contributed by atoms with E-state index in [0.29, 0.717) is 12.8 Å². The average molecular weight is 214 g/mol. The predicted octanol–water partition coefficient (Wildman–Crippen LogP) is 0.126. The van der Waals surface area contributed by atoms with Crippen molar-refractivity contribution in [2.75, 3.05) is 14.2 Å². The number of epoxide rings is 1. The maximum absolute atomic E-state index is 11.5. The Morgan fingerprint density at radius 3 is 1.73 bits per heavy atom. The molecule has 4 atom stereocenters. The van der Waals surface area contributed by atoms with Crippen LogP contribution in [0, 0.1) is 11.8 Å². The van der Waals surface area contributed by atoms with Gasteiger partial charge in [-0.1, -0.05) is 0 Å². The Hall–Kier alpha value is -1.10. The minimum atomic E-state index is -0.411. The van der Waals surface area contributed by atoms with Crippen molar-refractivity contribution in [3.05, 3.63) is 0 Å². The van der Waals surface area contributed by atoms with Crippen LogP contribution in [-0.4, -0.2) is 38.4 Å². The van der Waals surface area contributed by atoms with Crippen LogP contribution in [0.1, 0.15) is 12.8 Å². The molecule has 84 valence electrons. The van der Waals surface area contributed by atoms with Gasteiger partial charge in [-0.25, -0.2) is 0 Å². The molecule has 1 heterocycles. The largest absolute Gasteiger partial charge is 0.469 e. The van der Waals surface area contributed by atoms with Crippen LogP contribution in [0.3, 0.4) is 0 Å². The zero-order valence-corrected chi connectivity index (χ0v) is 8.76. The van der Waals surface area contributed by atoms with E-state index in [-0.39, 0.29) is 24.1 Å². The monoisotopic (exact) mass is 214 g/mol. The lowest BCUT2D eigenvalue weighted by Crippen LogP contribution is -2.36. The summed E-state index contributed by atoms with van der Waals surface area (Å²) in [5.41, 5.74) is 0.